The van der Waals surface area contributed by atoms with E-state index in [1.54, 1.807) is 7.11 Å². The van der Waals surface area contributed by atoms with Crippen molar-refractivity contribution in [2.24, 2.45) is 0 Å². The maximum Gasteiger partial charge on any atom is 0.143 e. The highest BCUT2D eigenvalue weighted by Crippen LogP contribution is 2.35. The summed E-state index contributed by atoms with van der Waals surface area (Å²) in [6, 6.07) is 6.25. The molecular formula is C15H20N2O. The minimum Gasteiger partial charge on any atom is -0.495 e. The average Bonchev–Trinajstić information content (AvgIpc) is 2.81. The normalized spacial score (nSPS) is 17.2. The molecule has 3 N–H and O–H groups in total. The zero-order valence-corrected chi connectivity index (χ0v) is 10.8. The Morgan fingerprint density at radius 2 is 1.94 bits per heavy atom. The molecule has 1 aromatic carbocycles. The number of hydrogen-bond donors (Lipinski definition) is 2. The van der Waals surface area contributed by atoms with Crippen LogP contribution in [0.2, 0.25) is 0 Å². The van der Waals surface area contributed by atoms with Crippen molar-refractivity contribution in [3.8, 4) is 5.75 Å². The van der Waals surface area contributed by atoms with Gasteiger partial charge in [0.1, 0.15) is 5.75 Å². The van der Waals surface area contributed by atoms with Gasteiger partial charge >= 0.3 is 0 Å². The van der Waals surface area contributed by atoms with E-state index in [9.17, 15) is 0 Å². The molecule has 0 amide bonds. The fraction of sp³-hybridized carbons (Fsp3) is 0.467. The molecule has 0 aliphatic heterocycles. The lowest BCUT2D eigenvalue weighted by molar-refractivity contribution is 0.417. The average molecular weight is 244 g/mol. The summed E-state index contributed by atoms with van der Waals surface area (Å²) in [5.74, 6) is 1.44. The van der Waals surface area contributed by atoms with Crippen LogP contribution in [0.4, 0.5) is 5.69 Å². The Balaban J connectivity index is 1.99. The summed E-state index contributed by atoms with van der Waals surface area (Å²) in [6.07, 6.45) is 6.70. The minimum atomic E-state index is 0.693. The highest BCUT2D eigenvalue weighted by molar-refractivity contribution is 5.86. The van der Waals surface area contributed by atoms with Gasteiger partial charge in [0.2, 0.25) is 0 Å². The van der Waals surface area contributed by atoms with Crippen LogP contribution >= 0.6 is 0 Å². The summed E-state index contributed by atoms with van der Waals surface area (Å²) in [6.45, 7) is 0. The molecule has 1 saturated carbocycles. The van der Waals surface area contributed by atoms with Crippen LogP contribution in [0.3, 0.4) is 0 Å². The Bertz CT molecular complexity index is 553. The number of rotatable bonds is 2. The van der Waals surface area contributed by atoms with Gasteiger partial charge in [-0.2, -0.15) is 0 Å². The highest BCUT2D eigenvalue weighted by atomic mass is 16.5. The Kier molecular flexibility index (Phi) is 2.90. The number of nitrogen functional groups attached to an aromatic ring is 1. The van der Waals surface area contributed by atoms with E-state index in [4.69, 9.17) is 10.5 Å². The van der Waals surface area contributed by atoms with Gasteiger partial charge in [0.15, 0.2) is 0 Å². The molecule has 0 atom stereocenters. The highest BCUT2D eigenvalue weighted by Gasteiger charge is 2.17. The summed E-state index contributed by atoms with van der Waals surface area (Å²) in [5.41, 5.74) is 9.14. The van der Waals surface area contributed by atoms with Crippen LogP contribution in [0.1, 0.15) is 43.7 Å². The molecule has 0 spiro atoms. The number of hydrogen-bond acceptors (Lipinski definition) is 2. The molecule has 3 heteroatoms. The lowest BCUT2D eigenvalue weighted by Gasteiger charge is -2.20. The molecule has 2 aromatic rings. The molecule has 1 aliphatic rings. The van der Waals surface area contributed by atoms with Crippen molar-refractivity contribution in [1.82, 2.24) is 4.98 Å². The third kappa shape index (κ3) is 1.94. The molecule has 1 heterocycles. The monoisotopic (exact) mass is 244 g/mol. The maximum absolute atomic E-state index is 5.95. The van der Waals surface area contributed by atoms with Crippen molar-refractivity contribution < 1.29 is 4.74 Å². The van der Waals surface area contributed by atoms with E-state index in [2.05, 4.69) is 11.1 Å². The zero-order valence-electron chi connectivity index (χ0n) is 10.8. The Labute approximate surface area is 107 Å². The molecule has 0 bridgehead atoms. The minimum absolute atomic E-state index is 0.693. The first-order valence-corrected chi connectivity index (χ1v) is 6.74. The van der Waals surface area contributed by atoms with E-state index in [1.807, 2.05) is 12.1 Å². The number of anilines is 1. The van der Waals surface area contributed by atoms with Crippen LogP contribution in [-0.4, -0.2) is 12.1 Å². The van der Waals surface area contributed by atoms with Crippen molar-refractivity contribution >= 4 is 16.6 Å². The third-order valence-electron chi connectivity index (χ3n) is 4.04. The number of benzene rings is 1. The van der Waals surface area contributed by atoms with E-state index < -0.39 is 0 Å². The van der Waals surface area contributed by atoms with Crippen molar-refractivity contribution in [2.75, 3.05) is 12.8 Å². The van der Waals surface area contributed by atoms with Crippen LogP contribution < -0.4 is 10.5 Å². The quantitative estimate of drug-likeness (QED) is 0.789. The lowest BCUT2D eigenvalue weighted by atomic mass is 9.87. The van der Waals surface area contributed by atoms with Crippen molar-refractivity contribution in [3.05, 3.63) is 23.9 Å². The van der Waals surface area contributed by atoms with Gasteiger partial charge in [-0.25, -0.2) is 0 Å². The number of aromatic amines is 1. The SMILES string of the molecule is COc1cc2[nH]c(C3CCCCC3)cc2cc1N. The van der Waals surface area contributed by atoms with Crippen LogP contribution in [0, 0.1) is 0 Å². The molecular weight excluding hydrogens is 224 g/mol. The standard InChI is InChI=1S/C15H20N2O/c1-18-15-9-14-11(7-12(15)16)8-13(17-14)10-5-3-2-4-6-10/h7-10,17H,2-6,16H2,1H3. The van der Waals surface area contributed by atoms with E-state index >= 15 is 0 Å². The molecule has 0 unspecified atom stereocenters. The van der Waals surface area contributed by atoms with Crippen LogP contribution in [-0.2, 0) is 0 Å². The molecule has 0 radical (unpaired) electrons. The van der Waals surface area contributed by atoms with E-state index in [0.717, 1.165) is 11.3 Å². The van der Waals surface area contributed by atoms with Gasteiger partial charge in [0, 0.05) is 22.7 Å². The van der Waals surface area contributed by atoms with Crippen molar-refractivity contribution in [3.63, 3.8) is 0 Å². The number of nitrogens with one attached hydrogen (secondary N) is 1. The Hall–Kier alpha value is -1.64. The van der Waals surface area contributed by atoms with Crippen LogP contribution in [0.5, 0.6) is 5.75 Å². The van der Waals surface area contributed by atoms with Gasteiger partial charge in [-0.1, -0.05) is 19.3 Å². The van der Waals surface area contributed by atoms with E-state index in [1.165, 1.54) is 43.2 Å². The van der Waals surface area contributed by atoms with Gasteiger partial charge in [-0.3, -0.25) is 0 Å². The first-order chi connectivity index (χ1) is 8.78. The topological polar surface area (TPSA) is 51.0 Å². The predicted octanol–water partition coefficient (Wildman–Crippen LogP) is 3.81. The first-order valence-electron chi connectivity index (χ1n) is 6.74. The third-order valence-corrected chi connectivity index (χ3v) is 4.04. The van der Waals surface area contributed by atoms with Gasteiger partial charge < -0.3 is 15.5 Å². The lowest BCUT2D eigenvalue weighted by Crippen LogP contribution is -2.04. The van der Waals surface area contributed by atoms with Gasteiger partial charge in [-0.15, -0.1) is 0 Å². The smallest absolute Gasteiger partial charge is 0.143 e. The largest absolute Gasteiger partial charge is 0.495 e. The van der Waals surface area contributed by atoms with E-state index in [0.29, 0.717) is 11.6 Å². The Morgan fingerprint density at radius 3 is 2.67 bits per heavy atom. The Morgan fingerprint density at radius 1 is 1.17 bits per heavy atom. The molecule has 0 saturated heterocycles. The second-order valence-corrected chi connectivity index (χ2v) is 5.24. The first kappa shape index (κ1) is 11.5. The summed E-state index contributed by atoms with van der Waals surface area (Å²) in [5, 5.41) is 1.19. The molecule has 1 fully saturated rings. The van der Waals surface area contributed by atoms with Gasteiger partial charge in [0.05, 0.1) is 12.8 Å². The second kappa shape index (κ2) is 4.56. The molecule has 1 aromatic heterocycles. The number of nitrogens with two attached hydrogens (primary N) is 1. The summed E-state index contributed by atoms with van der Waals surface area (Å²) >= 11 is 0. The predicted molar refractivity (Wildman–Crippen MR) is 75.1 cm³/mol. The van der Waals surface area contributed by atoms with Crippen LogP contribution in [0.25, 0.3) is 10.9 Å². The molecule has 3 nitrogen and oxygen atoms in total. The summed E-state index contributed by atoms with van der Waals surface area (Å²) in [4.78, 5) is 3.53. The number of aromatic nitrogens is 1. The maximum atomic E-state index is 5.95. The second-order valence-electron chi connectivity index (χ2n) is 5.24. The van der Waals surface area contributed by atoms with Crippen LogP contribution in [0.15, 0.2) is 18.2 Å². The van der Waals surface area contributed by atoms with E-state index in [-0.39, 0.29) is 0 Å². The van der Waals surface area contributed by atoms with Gasteiger partial charge in [0.25, 0.3) is 0 Å². The van der Waals surface area contributed by atoms with Crippen molar-refractivity contribution in [2.45, 2.75) is 38.0 Å². The van der Waals surface area contributed by atoms with Gasteiger partial charge in [-0.05, 0) is 30.9 Å². The molecule has 1 aliphatic carbocycles. The fourth-order valence-corrected chi connectivity index (χ4v) is 3.01. The summed E-state index contributed by atoms with van der Waals surface area (Å²) in [7, 11) is 1.66. The number of ether oxygens (including phenoxy) is 1. The molecule has 18 heavy (non-hydrogen) atoms. The number of H-pyrrole nitrogens is 1. The molecule has 3 rings (SSSR count). The molecule has 96 valence electrons. The number of fused-ring (bicyclic) bond motifs is 1. The number of methoxy groups -OCH3 is 1. The summed E-state index contributed by atoms with van der Waals surface area (Å²) < 4.78 is 5.26. The fourth-order valence-electron chi connectivity index (χ4n) is 3.01. The zero-order chi connectivity index (χ0) is 12.5. The van der Waals surface area contributed by atoms with Crippen molar-refractivity contribution in [1.29, 1.82) is 0 Å².